The van der Waals surface area contributed by atoms with Crippen molar-refractivity contribution in [3.05, 3.63) is 70.9 Å². The maximum atomic E-state index is 13.4. The smallest absolute Gasteiger partial charge is 0.275 e. The van der Waals surface area contributed by atoms with Crippen LogP contribution in [0.25, 0.3) is 0 Å². The van der Waals surface area contributed by atoms with Crippen molar-refractivity contribution in [2.75, 3.05) is 6.54 Å². The molecule has 0 bridgehead atoms. The molecule has 152 valence electrons. The fourth-order valence-electron chi connectivity index (χ4n) is 3.64. The van der Waals surface area contributed by atoms with Crippen molar-refractivity contribution >= 4 is 5.91 Å². The summed E-state index contributed by atoms with van der Waals surface area (Å²) in [4.78, 5) is 19.2. The summed E-state index contributed by atoms with van der Waals surface area (Å²) in [6.45, 7) is 6.85. The highest BCUT2D eigenvalue weighted by Crippen LogP contribution is 2.33. The quantitative estimate of drug-likeness (QED) is 0.709. The molecular weight excluding hydrogens is 371 g/mol. The van der Waals surface area contributed by atoms with E-state index in [1.54, 1.807) is 17.2 Å². The third kappa shape index (κ3) is 4.09. The number of aromatic nitrogens is 3. The lowest BCUT2D eigenvalue weighted by atomic mass is 9.92. The average Bonchev–Trinajstić information content (AvgIpc) is 3.40. The molecule has 1 atom stereocenters. The lowest BCUT2D eigenvalue weighted by Gasteiger charge is -2.21. The first kappa shape index (κ1) is 19.4. The number of hydrogen-bond donors (Lipinski definition) is 1. The number of likely N-dealkylation sites (tertiary alicyclic amines) is 1. The Labute approximate surface area is 169 Å². The van der Waals surface area contributed by atoms with Gasteiger partial charge in [0.05, 0.1) is 6.20 Å². The maximum Gasteiger partial charge on any atom is 0.275 e. The van der Waals surface area contributed by atoms with E-state index in [9.17, 15) is 9.18 Å². The van der Waals surface area contributed by atoms with Crippen molar-refractivity contribution in [2.24, 2.45) is 0 Å². The summed E-state index contributed by atoms with van der Waals surface area (Å²) >= 11 is 0. The molecule has 4 rings (SSSR count). The molecule has 1 N–H and O–H groups in total. The predicted octanol–water partition coefficient (Wildman–Crippen LogP) is 4.40. The number of nitrogens with zero attached hydrogens (tertiary/aromatic N) is 3. The van der Waals surface area contributed by atoms with Crippen molar-refractivity contribution in [2.45, 2.75) is 51.5 Å². The Kier molecular flexibility index (Phi) is 4.98. The van der Waals surface area contributed by atoms with E-state index in [2.05, 4.69) is 36.0 Å². The van der Waals surface area contributed by atoms with Crippen LogP contribution in [0.4, 0.5) is 4.39 Å². The third-order valence-electron chi connectivity index (χ3n) is 5.24. The van der Waals surface area contributed by atoms with Crippen LogP contribution >= 0.6 is 0 Å². The Morgan fingerprint density at radius 1 is 1.34 bits per heavy atom. The maximum absolute atomic E-state index is 13.4. The van der Waals surface area contributed by atoms with Gasteiger partial charge in [-0.1, -0.05) is 32.9 Å². The molecule has 3 heterocycles. The number of rotatable bonds is 4. The van der Waals surface area contributed by atoms with Crippen LogP contribution in [0.2, 0.25) is 0 Å². The molecular formula is C22H25FN4O2. The zero-order valence-corrected chi connectivity index (χ0v) is 16.9. The van der Waals surface area contributed by atoms with E-state index in [0.29, 0.717) is 30.3 Å². The number of H-pyrrole nitrogens is 1. The Morgan fingerprint density at radius 2 is 2.17 bits per heavy atom. The van der Waals surface area contributed by atoms with Gasteiger partial charge in [0, 0.05) is 24.1 Å². The highest BCUT2D eigenvalue weighted by Gasteiger charge is 2.35. The van der Waals surface area contributed by atoms with Gasteiger partial charge in [-0.25, -0.2) is 9.37 Å². The summed E-state index contributed by atoms with van der Waals surface area (Å²) in [6, 6.07) is 8.03. The zero-order chi connectivity index (χ0) is 20.6. The molecule has 1 aliphatic rings. The standard InChI is InChI=1S/C22H25FN4O2/c1-22(2,3)19-12-17(25-26-19)21(28)27-9-5-8-18(27)20-24-13-16(29-20)11-14-6-4-7-15(23)10-14/h4,6-7,10,12-13,18H,5,8-9,11H2,1-3H3,(H,25,26)/t18-/m1/s1. The predicted molar refractivity (Wildman–Crippen MR) is 106 cm³/mol. The molecule has 0 saturated carbocycles. The minimum absolute atomic E-state index is 0.107. The molecule has 0 spiro atoms. The van der Waals surface area contributed by atoms with Gasteiger partial charge < -0.3 is 9.32 Å². The lowest BCUT2D eigenvalue weighted by Crippen LogP contribution is -2.31. The van der Waals surface area contributed by atoms with E-state index in [4.69, 9.17) is 4.42 Å². The van der Waals surface area contributed by atoms with Crippen molar-refractivity contribution in [3.63, 3.8) is 0 Å². The summed E-state index contributed by atoms with van der Waals surface area (Å²) in [7, 11) is 0. The van der Waals surface area contributed by atoms with Crippen LogP contribution < -0.4 is 0 Å². The van der Waals surface area contributed by atoms with Gasteiger partial charge in [-0.2, -0.15) is 5.10 Å². The van der Waals surface area contributed by atoms with Gasteiger partial charge >= 0.3 is 0 Å². The van der Waals surface area contributed by atoms with Crippen molar-refractivity contribution < 1.29 is 13.6 Å². The fraction of sp³-hybridized carbons (Fsp3) is 0.409. The topological polar surface area (TPSA) is 75.0 Å². The van der Waals surface area contributed by atoms with Crippen LogP contribution in [0.3, 0.4) is 0 Å². The van der Waals surface area contributed by atoms with E-state index in [1.807, 2.05) is 12.1 Å². The molecule has 29 heavy (non-hydrogen) atoms. The first-order chi connectivity index (χ1) is 13.8. The average molecular weight is 396 g/mol. The molecule has 7 heteroatoms. The molecule has 0 unspecified atom stereocenters. The van der Waals surface area contributed by atoms with Gasteiger partial charge in [-0.05, 0) is 36.6 Å². The Bertz CT molecular complexity index is 1020. The molecule has 1 fully saturated rings. The van der Waals surface area contributed by atoms with Crippen LogP contribution in [0, 0.1) is 5.82 Å². The monoisotopic (exact) mass is 396 g/mol. The Hall–Kier alpha value is -2.96. The molecule has 2 aromatic heterocycles. The van der Waals surface area contributed by atoms with E-state index in [0.717, 1.165) is 24.1 Å². The number of nitrogens with one attached hydrogen (secondary N) is 1. The van der Waals surface area contributed by atoms with Gasteiger partial charge in [0.15, 0.2) is 0 Å². The summed E-state index contributed by atoms with van der Waals surface area (Å²) < 4.78 is 19.3. The second-order valence-electron chi connectivity index (χ2n) is 8.54. The molecule has 1 aliphatic heterocycles. The number of hydrogen-bond acceptors (Lipinski definition) is 4. The van der Waals surface area contributed by atoms with Gasteiger partial charge in [-0.15, -0.1) is 0 Å². The molecule has 0 radical (unpaired) electrons. The fourth-order valence-corrected chi connectivity index (χ4v) is 3.64. The number of aromatic amines is 1. The molecule has 1 saturated heterocycles. The first-order valence-corrected chi connectivity index (χ1v) is 9.87. The number of amides is 1. The summed E-state index contributed by atoms with van der Waals surface area (Å²) in [6.07, 6.45) is 3.80. The highest BCUT2D eigenvalue weighted by molar-refractivity contribution is 5.92. The van der Waals surface area contributed by atoms with Gasteiger partial charge in [0.25, 0.3) is 5.91 Å². The summed E-state index contributed by atoms with van der Waals surface area (Å²) in [5, 5.41) is 7.20. The Balaban J connectivity index is 1.50. The van der Waals surface area contributed by atoms with Crippen LogP contribution in [-0.4, -0.2) is 32.5 Å². The Morgan fingerprint density at radius 3 is 2.90 bits per heavy atom. The molecule has 3 aromatic rings. The number of oxazole rings is 1. The number of carbonyl (C=O) groups excluding carboxylic acids is 1. The minimum atomic E-state index is -0.275. The van der Waals surface area contributed by atoms with Crippen LogP contribution in [0.1, 0.15) is 73.1 Å². The van der Waals surface area contributed by atoms with E-state index in [-0.39, 0.29) is 23.2 Å². The van der Waals surface area contributed by atoms with Crippen molar-refractivity contribution in [1.29, 1.82) is 0 Å². The van der Waals surface area contributed by atoms with E-state index < -0.39 is 0 Å². The van der Waals surface area contributed by atoms with Crippen molar-refractivity contribution in [3.8, 4) is 0 Å². The summed E-state index contributed by atoms with van der Waals surface area (Å²) in [5.41, 5.74) is 2.04. The van der Waals surface area contributed by atoms with Crippen LogP contribution in [0.5, 0.6) is 0 Å². The number of carbonyl (C=O) groups is 1. The molecule has 1 amide bonds. The third-order valence-corrected chi connectivity index (χ3v) is 5.24. The SMILES string of the molecule is CC(C)(C)c1cc(C(=O)N2CCC[C@@H]2c2ncc(Cc3cccc(F)c3)o2)n[nH]1. The molecule has 1 aromatic carbocycles. The largest absolute Gasteiger partial charge is 0.443 e. The second kappa shape index (κ2) is 7.46. The van der Waals surface area contributed by atoms with Crippen molar-refractivity contribution in [1.82, 2.24) is 20.1 Å². The molecule has 0 aliphatic carbocycles. The lowest BCUT2D eigenvalue weighted by molar-refractivity contribution is 0.0708. The molecule has 6 nitrogen and oxygen atoms in total. The van der Waals surface area contributed by atoms with Gasteiger partial charge in [-0.3, -0.25) is 9.89 Å². The zero-order valence-electron chi connectivity index (χ0n) is 16.9. The van der Waals surface area contributed by atoms with Gasteiger partial charge in [0.1, 0.15) is 23.3 Å². The minimum Gasteiger partial charge on any atom is -0.443 e. The normalized spacial score (nSPS) is 17.1. The van der Waals surface area contributed by atoms with Crippen LogP contribution in [-0.2, 0) is 11.8 Å². The summed E-state index contributed by atoms with van der Waals surface area (Å²) in [5.74, 6) is 0.779. The second-order valence-corrected chi connectivity index (χ2v) is 8.54. The number of halogens is 1. The van der Waals surface area contributed by atoms with E-state index in [1.165, 1.54) is 12.1 Å². The first-order valence-electron chi connectivity index (χ1n) is 9.87. The van der Waals surface area contributed by atoms with E-state index >= 15 is 0 Å². The number of benzene rings is 1. The highest BCUT2D eigenvalue weighted by atomic mass is 19.1. The van der Waals surface area contributed by atoms with Crippen LogP contribution in [0.15, 0.2) is 40.9 Å². The van der Waals surface area contributed by atoms with Gasteiger partial charge in [0.2, 0.25) is 5.89 Å².